The number of carboxylic acids is 3. The SMILES string of the molecule is C[C@@H]1O[C@@H](O[C@H]2[C@H](O[C@H]3[C@@H](O[C@H]4CC[C@]5(C)[C@H]6CC=C7[C@@H]8C[C@@](C)(C(=O)O)CC[C@]8(C)CC[C@@]7(C)[C@]6(C)CC[C@H]5C4(C)C)O[C@H](C(=O)O)[C@@H](O)[C@@H]3O)O[C@H](C(=O)O)[C@@H](O)[C@@H]2O)[C@H](O)[C@H](O)[C@H]1O. The topological polar surface area (TPSA) is 309 Å². The van der Waals surface area contributed by atoms with Gasteiger partial charge in [0.25, 0.3) is 0 Å². The fraction of sp³-hybridized carbons (Fsp3) is 0.896. The van der Waals surface area contributed by atoms with E-state index in [1.54, 1.807) is 0 Å². The van der Waals surface area contributed by atoms with Crippen LogP contribution in [0.5, 0.6) is 0 Å². The predicted molar refractivity (Wildman–Crippen MR) is 230 cm³/mol. The molecule has 67 heavy (non-hydrogen) atoms. The molecular formula is C48H74O19. The van der Waals surface area contributed by atoms with E-state index in [2.05, 4.69) is 47.6 Å². The number of aliphatic hydroxyl groups excluding tert-OH is 7. The summed E-state index contributed by atoms with van der Waals surface area (Å²) in [6.45, 7) is 17.1. The molecule has 3 saturated heterocycles. The van der Waals surface area contributed by atoms with E-state index < -0.39 is 127 Å². The Morgan fingerprint density at radius 1 is 0.597 bits per heavy atom. The maximum Gasteiger partial charge on any atom is 0.335 e. The molecule has 0 amide bonds. The third kappa shape index (κ3) is 7.93. The molecule has 0 aromatic heterocycles. The van der Waals surface area contributed by atoms with Gasteiger partial charge in [-0.15, -0.1) is 0 Å². The molecular weight excluding hydrogens is 881 g/mol. The maximum atomic E-state index is 12.6. The lowest BCUT2D eigenvalue weighted by Gasteiger charge is -2.71. The lowest BCUT2D eigenvalue weighted by molar-refractivity contribution is -0.392. The van der Waals surface area contributed by atoms with E-state index >= 15 is 0 Å². The van der Waals surface area contributed by atoms with Gasteiger partial charge in [0, 0.05) is 0 Å². The van der Waals surface area contributed by atoms with Crippen molar-refractivity contribution in [2.45, 2.75) is 218 Å². The highest BCUT2D eigenvalue weighted by Gasteiger charge is 2.69. The van der Waals surface area contributed by atoms with Crippen molar-refractivity contribution in [2.24, 2.45) is 50.2 Å². The number of fused-ring (bicyclic) bond motifs is 7. The predicted octanol–water partition coefficient (Wildman–Crippen LogP) is 1.92. The van der Waals surface area contributed by atoms with Crippen molar-refractivity contribution in [1.82, 2.24) is 0 Å². The summed E-state index contributed by atoms with van der Waals surface area (Å²) in [6.07, 6.45) is -18.4. The molecule has 5 aliphatic carbocycles. The van der Waals surface area contributed by atoms with Crippen molar-refractivity contribution in [3.8, 4) is 0 Å². The van der Waals surface area contributed by atoms with Gasteiger partial charge in [0.2, 0.25) is 0 Å². The summed E-state index contributed by atoms with van der Waals surface area (Å²) in [7, 11) is 0. The van der Waals surface area contributed by atoms with Crippen LogP contribution in [-0.4, -0.2) is 167 Å². The van der Waals surface area contributed by atoms with Gasteiger partial charge >= 0.3 is 17.9 Å². The normalized spacial score (nSPS) is 54.0. The molecule has 24 atom stereocenters. The minimum Gasteiger partial charge on any atom is -0.481 e. The van der Waals surface area contributed by atoms with Crippen molar-refractivity contribution in [3.63, 3.8) is 0 Å². The lowest BCUT2D eigenvalue weighted by Crippen LogP contribution is -2.68. The van der Waals surface area contributed by atoms with Crippen LogP contribution in [0.3, 0.4) is 0 Å². The molecule has 4 saturated carbocycles. The summed E-state index contributed by atoms with van der Waals surface area (Å²) >= 11 is 0. The van der Waals surface area contributed by atoms with E-state index in [1.165, 1.54) is 12.5 Å². The fourth-order valence-corrected chi connectivity index (χ4v) is 15.0. The van der Waals surface area contributed by atoms with Gasteiger partial charge in [-0.1, -0.05) is 53.2 Å². The second-order valence-corrected chi connectivity index (χ2v) is 23.4. The number of allylic oxidation sites excluding steroid dienone is 2. The third-order valence-corrected chi connectivity index (χ3v) is 19.6. The number of aliphatic hydroxyl groups is 7. The Morgan fingerprint density at radius 3 is 1.72 bits per heavy atom. The van der Waals surface area contributed by atoms with Gasteiger partial charge in [-0.05, 0) is 123 Å². The van der Waals surface area contributed by atoms with Crippen LogP contribution in [0.15, 0.2) is 11.6 Å². The molecule has 3 aliphatic heterocycles. The van der Waals surface area contributed by atoms with E-state index in [0.717, 1.165) is 38.5 Å². The van der Waals surface area contributed by atoms with Crippen molar-refractivity contribution in [2.75, 3.05) is 0 Å². The first kappa shape index (κ1) is 51.0. The molecule has 19 heteroatoms. The van der Waals surface area contributed by atoms with Gasteiger partial charge in [-0.25, -0.2) is 9.59 Å². The lowest BCUT2D eigenvalue weighted by atomic mass is 9.33. The Morgan fingerprint density at radius 2 is 1.15 bits per heavy atom. The number of hydrogen-bond donors (Lipinski definition) is 10. The van der Waals surface area contributed by atoms with Crippen LogP contribution in [0.25, 0.3) is 0 Å². The van der Waals surface area contributed by atoms with Gasteiger partial charge in [0.1, 0.15) is 54.9 Å². The fourth-order valence-electron chi connectivity index (χ4n) is 15.0. The molecule has 8 aliphatic rings. The first-order valence-electron chi connectivity index (χ1n) is 24.1. The van der Waals surface area contributed by atoms with Gasteiger partial charge in [0.15, 0.2) is 31.1 Å². The first-order chi connectivity index (χ1) is 31.1. The smallest absolute Gasteiger partial charge is 0.335 e. The van der Waals surface area contributed by atoms with Crippen LogP contribution >= 0.6 is 0 Å². The monoisotopic (exact) mass is 954 g/mol. The zero-order valence-electron chi connectivity index (χ0n) is 39.8. The Balaban J connectivity index is 1.07. The average molecular weight is 955 g/mol. The Kier molecular flexibility index (Phi) is 13.3. The van der Waals surface area contributed by atoms with Crippen LogP contribution in [-0.2, 0) is 42.8 Å². The molecule has 0 aromatic rings. The summed E-state index contributed by atoms with van der Waals surface area (Å²) in [5.41, 5.74) is -0.333. The van der Waals surface area contributed by atoms with Gasteiger partial charge in [0.05, 0.1) is 17.6 Å². The number of carboxylic acid groups (broad SMARTS) is 3. The first-order valence-corrected chi connectivity index (χ1v) is 24.1. The van der Waals surface area contributed by atoms with Crippen molar-refractivity contribution >= 4 is 17.9 Å². The van der Waals surface area contributed by atoms with Crippen molar-refractivity contribution < 1.29 is 93.9 Å². The maximum absolute atomic E-state index is 12.6. The number of ether oxygens (including phenoxy) is 6. The Hall–Kier alpha value is -2.37. The van der Waals surface area contributed by atoms with Gasteiger partial charge < -0.3 is 79.5 Å². The molecule has 8 rings (SSSR count). The van der Waals surface area contributed by atoms with E-state index in [1.807, 2.05) is 6.92 Å². The Labute approximate surface area is 390 Å². The standard InChI is InChI=1S/C48H74O19/c1-20-26(49)27(50)32(55)39(62-20)66-36-31(54)29(52)34(38(58)59)65-41(36)67-35-30(53)28(51)33(37(56)57)64-40(35)63-25-12-13-46(6)23(43(25,2)3)11-14-48(8)24(46)10-9-21-22-19-45(5,42(60)61)16-15-44(22,4)17-18-47(21,48)7/h9,20,22-36,39-41,49-55H,10-19H2,1-8H3,(H,56,57)(H,58,59)(H,60,61)/t20-,22-,23-,24+,25-,26-,27+,28-,29-,30-,31-,32+,33-,34-,35+,36+,39-,40-,41-,44+,45-,46-,47+,48+/m0/s1. The summed E-state index contributed by atoms with van der Waals surface area (Å²) < 4.78 is 35.8. The highest BCUT2D eigenvalue weighted by atomic mass is 16.8. The van der Waals surface area contributed by atoms with E-state index in [-0.39, 0.29) is 39.4 Å². The Bertz CT molecular complexity index is 1950. The van der Waals surface area contributed by atoms with Crippen LogP contribution in [0.1, 0.15) is 120 Å². The second-order valence-electron chi connectivity index (χ2n) is 23.4. The molecule has 10 N–H and O–H groups in total. The van der Waals surface area contributed by atoms with Gasteiger partial charge in [-0.2, -0.15) is 0 Å². The van der Waals surface area contributed by atoms with Crippen LogP contribution in [0, 0.1) is 50.2 Å². The van der Waals surface area contributed by atoms with E-state index in [9.17, 15) is 65.4 Å². The molecule has 380 valence electrons. The second kappa shape index (κ2) is 17.4. The van der Waals surface area contributed by atoms with Gasteiger partial charge in [-0.3, -0.25) is 4.79 Å². The molecule has 0 bridgehead atoms. The van der Waals surface area contributed by atoms with Crippen molar-refractivity contribution in [1.29, 1.82) is 0 Å². The molecule has 7 fully saturated rings. The molecule has 0 radical (unpaired) electrons. The number of aliphatic carboxylic acids is 3. The van der Waals surface area contributed by atoms with Crippen LogP contribution in [0.2, 0.25) is 0 Å². The van der Waals surface area contributed by atoms with E-state index in [0.29, 0.717) is 25.7 Å². The summed E-state index contributed by atoms with van der Waals surface area (Å²) in [5.74, 6) is -3.53. The highest BCUT2D eigenvalue weighted by Crippen LogP contribution is 2.76. The number of rotatable bonds is 9. The third-order valence-electron chi connectivity index (χ3n) is 19.6. The summed E-state index contributed by atoms with van der Waals surface area (Å²) in [6, 6.07) is 0. The molecule has 19 nitrogen and oxygen atoms in total. The number of carbonyl (C=O) groups is 3. The minimum atomic E-state index is -2.14. The zero-order chi connectivity index (χ0) is 49.3. The summed E-state index contributed by atoms with van der Waals surface area (Å²) in [5, 5.41) is 107. The van der Waals surface area contributed by atoms with E-state index in [4.69, 9.17) is 28.4 Å². The van der Waals surface area contributed by atoms with Crippen molar-refractivity contribution in [3.05, 3.63) is 11.6 Å². The molecule has 3 heterocycles. The molecule has 0 aromatic carbocycles. The average Bonchev–Trinajstić information content (AvgIpc) is 3.25. The molecule has 0 unspecified atom stereocenters. The highest BCUT2D eigenvalue weighted by molar-refractivity contribution is 5.75. The minimum absolute atomic E-state index is 0.0448. The summed E-state index contributed by atoms with van der Waals surface area (Å²) in [4.78, 5) is 37.3. The number of hydrogen-bond acceptors (Lipinski definition) is 16. The quantitative estimate of drug-likeness (QED) is 0.117. The zero-order valence-corrected chi connectivity index (χ0v) is 39.8. The van der Waals surface area contributed by atoms with Crippen LogP contribution in [0.4, 0.5) is 0 Å². The largest absolute Gasteiger partial charge is 0.481 e. The van der Waals surface area contributed by atoms with Crippen LogP contribution < -0.4 is 0 Å². The molecule has 0 spiro atoms.